The lowest BCUT2D eigenvalue weighted by molar-refractivity contribution is -0.137. The first-order chi connectivity index (χ1) is 12.9. The van der Waals surface area contributed by atoms with E-state index in [4.69, 9.17) is 0 Å². The molecule has 0 amide bonds. The van der Waals surface area contributed by atoms with E-state index < -0.39 is 17.6 Å². The predicted molar refractivity (Wildman–Crippen MR) is 97.4 cm³/mol. The number of benzene rings is 2. The summed E-state index contributed by atoms with van der Waals surface area (Å²) in [6.45, 7) is 0.843. The Hall–Kier alpha value is -2.14. The van der Waals surface area contributed by atoms with Crippen LogP contribution in [0.4, 0.5) is 17.6 Å². The SMILES string of the molecule is Fc1cc(C(F)(F)F)ccc1C1=CC2CCCC(C1)N2Cc1ccccc1. The van der Waals surface area contributed by atoms with Gasteiger partial charge in [0.25, 0.3) is 0 Å². The van der Waals surface area contributed by atoms with E-state index in [1.807, 2.05) is 18.2 Å². The van der Waals surface area contributed by atoms with E-state index in [9.17, 15) is 17.6 Å². The molecule has 27 heavy (non-hydrogen) atoms. The van der Waals surface area contributed by atoms with Crippen molar-refractivity contribution in [1.29, 1.82) is 0 Å². The third-order valence-electron chi connectivity index (χ3n) is 5.63. The lowest BCUT2D eigenvalue weighted by Crippen LogP contribution is -2.47. The molecule has 2 aliphatic rings. The maximum atomic E-state index is 14.4. The molecule has 0 spiro atoms. The Morgan fingerprint density at radius 2 is 1.78 bits per heavy atom. The van der Waals surface area contributed by atoms with Crippen LogP contribution in [-0.2, 0) is 12.7 Å². The Morgan fingerprint density at radius 1 is 1.00 bits per heavy atom. The molecule has 4 rings (SSSR count). The van der Waals surface area contributed by atoms with E-state index in [1.165, 1.54) is 11.6 Å². The highest BCUT2D eigenvalue weighted by Gasteiger charge is 2.35. The highest BCUT2D eigenvalue weighted by Crippen LogP contribution is 2.39. The second-order valence-electron chi connectivity index (χ2n) is 7.40. The molecule has 2 aromatic rings. The van der Waals surface area contributed by atoms with E-state index >= 15 is 0 Å². The molecule has 2 heterocycles. The summed E-state index contributed by atoms with van der Waals surface area (Å²) in [7, 11) is 0. The minimum absolute atomic E-state index is 0.203. The number of hydrogen-bond donors (Lipinski definition) is 0. The van der Waals surface area contributed by atoms with Gasteiger partial charge in [-0.1, -0.05) is 48.9 Å². The van der Waals surface area contributed by atoms with Gasteiger partial charge < -0.3 is 0 Å². The van der Waals surface area contributed by atoms with Crippen molar-refractivity contribution in [3.63, 3.8) is 0 Å². The predicted octanol–water partition coefficient (Wildman–Crippen LogP) is 6.05. The first kappa shape index (κ1) is 18.2. The summed E-state index contributed by atoms with van der Waals surface area (Å²) >= 11 is 0. The molecular weight excluding hydrogens is 354 g/mol. The highest BCUT2D eigenvalue weighted by molar-refractivity contribution is 5.68. The number of piperidine rings is 1. The Bertz CT molecular complexity index is 841. The second-order valence-corrected chi connectivity index (χ2v) is 7.40. The number of rotatable bonds is 3. The van der Waals surface area contributed by atoms with Crippen molar-refractivity contribution in [3.05, 3.63) is 77.1 Å². The Balaban J connectivity index is 1.61. The quantitative estimate of drug-likeness (QED) is 0.590. The largest absolute Gasteiger partial charge is 0.416 e. The van der Waals surface area contributed by atoms with Crippen LogP contribution >= 0.6 is 0 Å². The summed E-state index contributed by atoms with van der Waals surface area (Å²) in [6.07, 6.45) is 1.36. The minimum atomic E-state index is -4.52. The smallest absolute Gasteiger partial charge is 0.289 e. The summed E-state index contributed by atoms with van der Waals surface area (Å²) in [5.41, 5.74) is 1.44. The van der Waals surface area contributed by atoms with Gasteiger partial charge in [-0.3, -0.25) is 4.90 Å². The lowest BCUT2D eigenvalue weighted by Gasteiger charge is -2.45. The van der Waals surface area contributed by atoms with Gasteiger partial charge in [0, 0.05) is 24.2 Å². The van der Waals surface area contributed by atoms with Crippen LogP contribution in [0.3, 0.4) is 0 Å². The molecule has 2 aliphatic heterocycles. The first-order valence-electron chi connectivity index (χ1n) is 9.29. The third kappa shape index (κ3) is 3.79. The van der Waals surface area contributed by atoms with Gasteiger partial charge in [0.15, 0.2) is 0 Å². The lowest BCUT2D eigenvalue weighted by atomic mass is 9.82. The molecule has 0 saturated carbocycles. The molecule has 0 aromatic heterocycles. The van der Waals surface area contributed by atoms with E-state index in [0.29, 0.717) is 24.1 Å². The highest BCUT2D eigenvalue weighted by atomic mass is 19.4. The van der Waals surface area contributed by atoms with E-state index in [2.05, 4.69) is 23.1 Å². The minimum Gasteiger partial charge on any atom is -0.289 e. The van der Waals surface area contributed by atoms with Gasteiger partial charge in [0.2, 0.25) is 0 Å². The van der Waals surface area contributed by atoms with Crippen molar-refractivity contribution in [2.24, 2.45) is 0 Å². The van der Waals surface area contributed by atoms with E-state index in [0.717, 1.165) is 37.4 Å². The van der Waals surface area contributed by atoms with Crippen molar-refractivity contribution < 1.29 is 17.6 Å². The summed E-state index contributed by atoms with van der Waals surface area (Å²) in [4.78, 5) is 2.45. The van der Waals surface area contributed by atoms with Crippen LogP contribution in [0, 0.1) is 5.82 Å². The van der Waals surface area contributed by atoms with Gasteiger partial charge in [-0.25, -0.2) is 4.39 Å². The zero-order chi connectivity index (χ0) is 19.0. The molecule has 2 atom stereocenters. The number of nitrogens with zero attached hydrogens (tertiary/aromatic N) is 1. The average molecular weight is 375 g/mol. The molecule has 2 bridgehead atoms. The zero-order valence-corrected chi connectivity index (χ0v) is 14.8. The number of hydrogen-bond acceptors (Lipinski definition) is 1. The Labute approximate surface area is 156 Å². The van der Waals surface area contributed by atoms with E-state index in [1.54, 1.807) is 0 Å². The van der Waals surface area contributed by atoms with Crippen molar-refractivity contribution >= 4 is 5.57 Å². The van der Waals surface area contributed by atoms with Crippen molar-refractivity contribution in [1.82, 2.24) is 4.90 Å². The van der Waals surface area contributed by atoms with Gasteiger partial charge in [0.1, 0.15) is 5.82 Å². The van der Waals surface area contributed by atoms with Crippen LogP contribution in [0.25, 0.3) is 5.57 Å². The molecule has 142 valence electrons. The van der Waals surface area contributed by atoms with Crippen LogP contribution in [0.15, 0.2) is 54.6 Å². The van der Waals surface area contributed by atoms with Crippen molar-refractivity contribution in [2.45, 2.75) is 50.5 Å². The van der Waals surface area contributed by atoms with Crippen LogP contribution in [0.5, 0.6) is 0 Å². The summed E-state index contributed by atoms with van der Waals surface area (Å²) in [5, 5.41) is 0. The standard InChI is InChI=1S/C22H21F4N/c23-21-13-17(22(24,25)26)9-10-20(21)16-11-18-7-4-8-19(12-16)27(18)14-15-5-2-1-3-6-15/h1-3,5-6,9-11,13,18-19H,4,7-8,12,14H2. The maximum Gasteiger partial charge on any atom is 0.416 e. The van der Waals surface area contributed by atoms with Gasteiger partial charge in [-0.2, -0.15) is 13.2 Å². The molecule has 0 aliphatic carbocycles. The fourth-order valence-electron chi connectivity index (χ4n) is 4.31. The van der Waals surface area contributed by atoms with Gasteiger partial charge in [-0.05, 0) is 42.5 Å². The van der Waals surface area contributed by atoms with Gasteiger partial charge in [0.05, 0.1) is 5.56 Å². The van der Waals surface area contributed by atoms with Crippen LogP contribution in [-0.4, -0.2) is 17.0 Å². The van der Waals surface area contributed by atoms with Gasteiger partial charge in [-0.15, -0.1) is 0 Å². The molecule has 0 radical (unpaired) electrons. The number of alkyl halides is 3. The van der Waals surface area contributed by atoms with Crippen molar-refractivity contribution in [2.75, 3.05) is 0 Å². The second kappa shape index (κ2) is 7.12. The number of halogens is 4. The molecule has 2 aromatic carbocycles. The van der Waals surface area contributed by atoms with Crippen LogP contribution < -0.4 is 0 Å². The average Bonchev–Trinajstić information content (AvgIpc) is 2.61. The monoisotopic (exact) mass is 375 g/mol. The maximum absolute atomic E-state index is 14.4. The topological polar surface area (TPSA) is 3.24 Å². The fraction of sp³-hybridized carbons (Fsp3) is 0.364. The molecule has 2 unspecified atom stereocenters. The van der Waals surface area contributed by atoms with Gasteiger partial charge >= 0.3 is 6.18 Å². The number of fused-ring (bicyclic) bond motifs is 2. The zero-order valence-electron chi connectivity index (χ0n) is 14.8. The third-order valence-corrected chi connectivity index (χ3v) is 5.63. The molecular formula is C22H21F4N. The summed E-state index contributed by atoms with van der Waals surface area (Å²) in [5.74, 6) is -0.786. The molecule has 5 heteroatoms. The summed E-state index contributed by atoms with van der Waals surface area (Å²) < 4.78 is 52.8. The van der Waals surface area contributed by atoms with Crippen LogP contribution in [0.1, 0.15) is 42.4 Å². The Morgan fingerprint density at radius 3 is 2.44 bits per heavy atom. The molecule has 1 fully saturated rings. The molecule has 1 saturated heterocycles. The Kier molecular flexibility index (Phi) is 4.81. The molecule has 0 N–H and O–H groups in total. The van der Waals surface area contributed by atoms with Crippen LogP contribution in [0.2, 0.25) is 0 Å². The van der Waals surface area contributed by atoms with Crippen molar-refractivity contribution in [3.8, 4) is 0 Å². The first-order valence-corrected chi connectivity index (χ1v) is 9.29. The fourth-order valence-corrected chi connectivity index (χ4v) is 4.31. The molecule has 1 nitrogen and oxygen atoms in total. The normalized spacial score (nSPS) is 23.2. The summed E-state index contributed by atoms with van der Waals surface area (Å²) in [6, 6.07) is 13.6. The van der Waals surface area contributed by atoms with E-state index in [-0.39, 0.29) is 6.04 Å².